The number of hydrogen-bond donors (Lipinski definition) is 2. The van der Waals surface area contributed by atoms with Gasteiger partial charge in [-0.05, 0) is 48.6 Å². The minimum Gasteiger partial charge on any atom is -0.325 e. The number of thiophene rings is 1. The molecule has 0 bridgehead atoms. The van der Waals surface area contributed by atoms with E-state index >= 15 is 0 Å². The highest BCUT2D eigenvalue weighted by Crippen LogP contribution is 2.21. The fraction of sp³-hybridized carbons (Fsp3) is 0.389. The number of rotatable bonds is 7. The molecule has 1 saturated heterocycles. The van der Waals surface area contributed by atoms with Gasteiger partial charge in [0.1, 0.15) is 0 Å². The first-order chi connectivity index (χ1) is 12.6. The van der Waals surface area contributed by atoms with Crippen LogP contribution in [0.4, 0.5) is 5.69 Å². The van der Waals surface area contributed by atoms with Gasteiger partial charge in [0.05, 0.1) is 11.4 Å². The van der Waals surface area contributed by atoms with E-state index in [4.69, 9.17) is 0 Å². The molecule has 0 unspecified atom stereocenters. The standard InChI is InChI=1S/C18H23N3O3S2.ClH/c22-18(14-19-13-16-5-4-12-25-16)20-15-6-8-17(9-7-15)26(23,24)21-10-2-1-3-11-21;/h4-9,12,19H,1-3,10-11,13-14H2,(H,20,22);1H. The Labute approximate surface area is 170 Å². The number of benzene rings is 1. The Morgan fingerprint density at radius 1 is 1.07 bits per heavy atom. The first kappa shape index (κ1) is 21.8. The predicted molar refractivity (Wildman–Crippen MR) is 111 cm³/mol. The van der Waals surface area contributed by atoms with Crippen LogP contribution in [-0.2, 0) is 21.4 Å². The van der Waals surface area contributed by atoms with E-state index < -0.39 is 10.0 Å². The van der Waals surface area contributed by atoms with E-state index in [-0.39, 0.29) is 29.8 Å². The third-order valence-corrected chi connectivity index (χ3v) is 7.05. The maximum atomic E-state index is 12.6. The van der Waals surface area contributed by atoms with E-state index in [0.29, 0.717) is 25.3 Å². The maximum absolute atomic E-state index is 12.6. The van der Waals surface area contributed by atoms with Gasteiger partial charge in [-0.2, -0.15) is 4.31 Å². The average Bonchev–Trinajstić information content (AvgIpc) is 3.16. The molecule has 2 heterocycles. The maximum Gasteiger partial charge on any atom is 0.243 e. The van der Waals surface area contributed by atoms with E-state index in [2.05, 4.69) is 10.6 Å². The second kappa shape index (κ2) is 10.2. The van der Waals surface area contributed by atoms with Gasteiger partial charge in [0.2, 0.25) is 15.9 Å². The molecule has 1 aromatic carbocycles. The zero-order valence-corrected chi connectivity index (χ0v) is 17.3. The van der Waals surface area contributed by atoms with E-state index in [9.17, 15) is 13.2 Å². The van der Waals surface area contributed by atoms with Crippen molar-refractivity contribution in [2.24, 2.45) is 0 Å². The topological polar surface area (TPSA) is 78.5 Å². The quantitative estimate of drug-likeness (QED) is 0.708. The molecule has 0 atom stereocenters. The molecule has 1 aliphatic rings. The molecule has 9 heteroatoms. The molecule has 148 valence electrons. The van der Waals surface area contributed by atoms with E-state index in [1.165, 1.54) is 4.88 Å². The predicted octanol–water partition coefficient (Wildman–Crippen LogP) is 3.07. The van der Waals surface area contributed by atoms with Crippen LogP contribution in [-0.4, -0.2) is 38.3 Å². The van der Waals surface area contributed by atoms with Crippen LogP contribution in [0.25, 0.3) is 0 Å². The molecule has 0 saturated carbocycles. The fourth-order valence-corrected chi connectivity index (χ4v) is 5.07. The highest BCUT2D eigenvalue weighted by Gasteiger charge is 2.25. The van der Waals surface area contributed by atoms with Crippen LogP contribution < -0.4 is 10.6 Å². The summed E-state index contributed by atoms with van der Waals surface area (Å²) in [6.07, 6.45) is 2.90. The van der Waals surface area contributed by atoms with Gasteiger partial charge in [0.25, 0.3) is 0 Å². The Bertz CT molecular complexity index is 818. The van der Waals surface area contributed by atoms with Crippen LogP contribution >= 0.6 is 23.7 Å². The summed E-state index contributed by atoms with van der Waals surface area (Å²) in [4.78, 5) is 13.4. The van der Waals surface area contributed by atoms with E-state index in [1.807, 2.05) is 17.5 Å². The lowest BCUT2D eigenvalue weighted by molar-refractivity contribution is -0.115. The number of sulfonamides is 1. The summed E-state index contributed by atoms with van der Waals surface area (Å²) in [6.45, 7) is 2.01. The van der Waals surface area contributed by atoms with Crippen molar-refractivity contribution >= 4 is 45.4 Å². The summed E-state index contributed by atoms with van der Waals surface area (Å²) in [5.74, 6) is -0.159. The van der Waals surface area contributed by atoms with Crippen molar-refractivity contribution in [3.63, 3.8) is 0 Å². The smallest absolute Gasteiger partial charge is 0.243 e. The van der Waals surface area contributed by atoms with Gasteiger partial charge < -0.3 is 10.6 Å². The number of piperidine rings is 1. The Hall–Kier alpha value is -1.45. The van der Waals surface area contributed by atoms with Crippen LogP contribution in [0, 0.1) is 0 Å². The van der Waals surface area contributed by atoms with Crippen molar-refractivity contribution in [3.05, 3.63) is 46.7 Å². The molecule has 0 spiro atoms. The molecule has 1 fully saturated rings. The van der Waals surface area contributed by atoms with Gasteiger partial charge in [0.15, 0.2) is 0 Å². The summed E-state index contributed by atoms with van der Waals surface area (Å²) < 4.78 is 26.7. The second-order valence-electron chi connectivity index (χ2n) is 6.22. The Kier molecular flexibility index (Phi) is 8.25. The SMILES string of the molecule is Cl.O=C(CNCc1cccs1)Nc1ccc(S(=O)(=O)N2CCCCC2)cc1. The Balaban J connectivity index is 0.00000261. The van der Waals surface area contributed by atoms with Crippen molar-refractivity contribution in [2.75, 3.05) is 25.0 Å². The van der Waals surface area contributed by atoms with Crippen LogP contribution in [0.3, 0.4) is 0 Å². The summed E-state index contributed by atoms with van der Waals surface area (Å²) in [5, 5.41) is 7.85. The molecular formula is C18H24ClN3O3S2. The van der Waals surface area contributed by atoms with Gasteiger partial charge in [-0.1, -0.05) is 12.5 Å². The molecule has 1 aliphatic heterocycles. The number of nitrogens with zero attached hydrogens (tertiary/aromatic N) is 1. The molecule has 1 aromatic heterocycles. The molecule has 0 aliphatic carbocycles. The zero-order valence-electron chi connectivity index (χ0n) is 14.9. The highest BCUT2D eigenvalue weighted by atomic mass is 35.5. The van der Waals surface area contributed by atoms with Crippen LogP contribution in [0.15, 0.2) is 46.7 Å². The number of carbonyl (C=O) groups is 1. The number of amides is 1. The first-order valence-electron chi connectivity index (χ1n) is 8.69. The summed E-state index contributed by atoms with van der Waals surface area (Å²) in [6, 6.07) is 10.4. The van der Waals surface area contributed by atoms with E-state index in [1.54, 1.807) is 39.9 Å². The molecule has 1 amide bonds. The third kappa shape index (κ3) is 6.02. The van der Waals surface area contributed by atoms with Gasteiger partial charge in [-0.3, -0.25) is 4.79 Å². The van der Waals surface area contributed by atoms with E-state index in [0.717, 1.165) is 19.3 Å². The highest BCUT2D eigenvalue weighted by molar-refractivity contribution is 7.89. The molecule has 0 radical (unpaired) electrons. The summed E-state index contributed by atoms with van der Waals surface area (Å²) in [7, 11) is -3.44. The third-order valence-electron chi connectivity index (χ3n) is 4.26. The van der Waals surface area contributed by atoms with Gasteiger partial charge in [0, 0.05) is 30.2 Å². The number of halogens is 1. The van der Waals surface area contributed by atoms with Crippen LogP contribution in [0.1, 0.15) is 24.1 Å². The second-order valence-corrected chi connectivity index (χ2v) is 9.19. The number of nitrogens with one attached hydrogen (secondary N) is 2. The van der Waals surface area contributed by atoms with Crippen molar-refractivity contribution in [2.45, 2.75) is 30.7 Å². The number of anilines is 1. The van der Waals surface area contributed by atoms with Crippen molar-refractivity contribution in [1.82, 2.24) is 9.62 Å². The lowest BCUT2D eigenvalue weighted by Gasteiger charge is -2.25. The molecule has 6 nitrogen and oxygen atoms in total. The zero-order chi connectivity index (χ0) is 18.4. The van der Waals surface area contributed by atoms with Crippen molar-refractivity contribution in [3.8, 4) is 0 Å². The molecule has 2 aromatic rings. The Morgan fingerprint density at radius 3 is 2.41 bits per heavy atom. The first-order valence-corrected chi connectivity index (χ1v) is 11.0. The number of hydrogen-bond acceptors (Lipinski definition) is 5. The molecule has 3 rings (SSSR count). The lowest BCUT2D eigenvalue weighted by Crippen LogP contribution is -2.35. The minimum atomic E-state index is -3.44. The largest absolute Gasteiger partial charge is 0.325 e. The Morgan fingerprint density at radius 2 is 1.78 bits per heavy atom. The normalized spacial score (nSPS) is 15.1. The molecule has 2 N–H and O–H groups in total. The molecule has 27 heavy (non-hydrogen) atoms. The molecular weight excluding hydrogens is 406 g/mol. The van der Waals surface area contributed by atoms with Crippen molar-refractivity contribution in [1.29, 1.82) is 0 Å². The average molecular weight is 430 g/mol. The lowest BCUT2D eigenvalue weighted by atomic mass is 10.2. The van der Waals surface area contributed by atoms with Gasteiger partial charge in [-0.25, -0.2) is 8.42 Å². The van der Waals surface area contributed by atoms with Crippen molar-refractivity contribution < 1.29 is 13.2 Å². The number of carbonyl (C=O) groups excluding carboxylic acids is 1. The van der Waals surface area contributed by atoms with Crippen LogP contribution in [0.2, 0.25) is 0 Å². The van der Waals surface area contributed by atoms with Crippen LogP contribution in [0.5, 0.6) is 0 Å². The minimum absolute atomic E-state index is 0. The fourth-order valence-electron chi connectivity index (χ4n) is 2.88. The van der Waals surface area contributed by atoms with Gasteiger partial charge in [-0.15, -0.1) is 23.7 Å². The monoisotopic (exact) mass is 429 g/mol. The summed E-state index contributed by atoms with van der Waals surface area (Å²) in [5.41, 5.74) is 0.588. The van der Waals surface area contributed by atoms with Gasteiger partial charge >= 0.3 is 0 Å². The summed E-state index contributed by atoms with van der Waals surface area (Å²) >= 11 is 1.64.